The summed E-state index contributed by atoms with van der Waals surface area (Å²) in [5.41, 5.74) is 11.0. The van der Waals surface area contributed by atoms with E-state index < -0.39 is 11.6 Å². The van der Waals surface area contributed by atoms with Crippen molar-refractivity contribution in [3.63, 3.8) is 0 Å². The summed E-state index contributed by atoms with van der Waals surface area (Å²) < 4.78 is 25.7. The van der Waals surface area contributed by atoms with Crippen molar-refractivity contribution in [2.45, 2.75) is 0 Å². The number of hydrogen-bond acceptors (Lipinski definition) is 5. The Morgan fingerprint density at radius 2 is 1.50 bits per heavy atom. The van der Waals surface area contributed by atoms with Gasteiger partial charge < -0.3 is 11.5 Å². The van der Waals surface area contributed by atoms with Gasteiger partial charge in [-0.3, -0.25) is 0 Å². The quantitative estimate of drug-likeness (QED) is 0.752. The van der Waals surface area contributed by atoms with Crippen molar-refractivity contribution in [2.75, 3.05) is 11.5 Å². The molecule has 0 aliphatic rings. The monoisotopic (exact) mass is 223 g/mol. The Hall–Kier alpha value is -2.31. The van der Waals surface area contributed by atoms with Gasteiger partial charge in [-0.05, 0) is 18.2 Å². The fraction of sp³-hybridized carbons (Fsp3) is 0. The lowest BCUT2D eigenvalue weighted by Gasteiger charge is -2.02. The fourth-order valence-corrected chi connectivity index (χ4v) is 1.17. The molecule has 0 saturated heterocycles. The smallest absolute Gasteiger partial charge is 0.225 e. The molecule has 1 heterocycles. The topological polar surface area (TPSA) is 90.7 Å². The molecule has 0 saturated carbocycles. The van der Waals surface area contributed by atoms with Gasteiger partial charge in [0.15, 0.2) is 17.5 Å². The molecule has 7 heteroatoms. The third-order valence-electron chi connectivity index (χ3n) is 1.85. The summed E-state index contributed by atoms with van der Waals surface area (Å²) >= 11 is 0. The first-order valence-corrected chi connectivity index (χ1v) is 4.28. The maximum absolute atomic E-state index is 13.0. The van der Waals surface area contributed by atoms with E-state index in [2.05, 4.69) is 15.0 Å². The van der Waals surface area contributed by atoms with Crippen LogP contribution in [0.5, 0.6) is 0 Å². The second-order valence-electron chi connectivity index (χ2n) is 3.00. The highest BCUT2D eigenvalue weighted by Gasteiger charge is 2.08. The minimum absolute atomic E-state index is 0.0766. The Morgan fingerprint density at radius 1 is 0.875 bits per heavy atom. The number of halogens is 2. The molecule has 0 aliphatic carbocycles. The average Bonchev–Trinajstić information content (AvgIpc) is 2.20. The molecule has 82 valence electrons. The Kier molecular flexibility index (Phi) is 2.35. The molecule has 2 aromatic rings. The first-order valence-electron chi connectivity index (χ1n) is 4.28. The number of benzene rings is 1. The van der Waals surface area contributed by atoms with Crippen LogP contribution in [-0.2, 0) is 0 Å². The maximum Gasteiger partial charge on any atom is 0.225 e. The van der Waals surface area contributed by atoms with Crippen LogP contribution in [0.4, 0.5) is 20.7 Å². The normalized spacial score (nSPS) is 10.4. The third kappa shape index (κ3) is 1.88. The summed E-state index contributed by atoms with van der Waals surface area (Å²) in [7, 11) is 0. The van der Waals surface area contributed by atoms with Crippen LogP contribution in [-0.4, -0.2) is 15.0 Å². The van der Waals surface area contributed by atoms with Crippen LogP contribution >= 0.6 is 0 Å². The molecule has 4 N–H and O–H groups in total. The first kappa shape index (κ1) is 10.2. The molecule has 0 bridgehead atoms. The molecule has 5 nitrogen and oxygen atoms in total. The Morgan fingerprint density at radius 3 is 2.06 bits per heavy atom. The molecule has 0 aliphatic heterocycles. The molecule has 0 atom stereocenters. The summed E-state index contributed by atoms with van der Waals surface area (Å²) in [6.07, 6.45) is 0. The zero-order valence-corrected chi connectivity index (χ0v) is 7.98. The lowest BCUT2D eigenvalue weighted by atomic mass is 10.2. The van der Waals surface area contributed by atoms with E-state index in [1.54, 1.807) is 0 Å². The van der Waals surface area contributed by atoms with E-state index >= 15 is 0 Å². The lowest BCUT2D eigenvalue weighted by Crippen LogP contribution is -2.04. The van der Waals surface area contributed by atoms with E-state index in [0.717, 1.165) is 12.1 Å². The molecule has 0 amide bonds. The summed E-state index contributed by atoms with van der Waals surface area (Å²) in [5.74, 6) is -1.99. The molecule has 0 spiro atoms. The zero-order chi connectivity index (χ0) is 11.7. The van der Waals surface area contributed by atoms with Crippen LogP contribution in [0, 0.1) is 11.6 Å². The van der Waals surface area contributed by atoms with Crippen LogP contribution in [0.2, 0.25) is 0 Å². The highest BCUT2D eigenvalue weighted by atomic mass is 19.2. The van der Waals surface area contributed by atoms with Gasteiger partial charge in [-0.15, -0.1) is 0 Å². The number of nitrogens with zero attached hydrogens (tertiary/aromatic N) is 3. The highest BCUT2D eigenvalue weighted by Crippen LogP contribution is 2.18. The van der Waals surface area contributed by atoms with Crippen molar-refractivity contribution in [3.05, 3.63) is 29.8 Å². The van der Waals surface area contributed by atoms with Crippen molar-refractivity contribution in [1.82, 2.24) is 15.0 Å². The number of nitrogens with two attached hydrogens (primary N) is 2. The predicted molar refractivity (Wildman–Crippen MR) is 54.0 cm³/mol. The van der Waals surface area contributed by atoms with Crippen molar-refractivity contribution in [3.8, 4) is 11.4 Å². The molecular formula is C9H7F2N5. The minimum atomic E-state index is -0.991. The molecular weight excluding hydrogens is 216 g/mol. The maximum atomic E-state index is 13.0. The summed E-state index contributed by atoms with van der Waals surface area (Å²) in [6.45, 7) is 0. The van der Waals surface area contributed by atoms with E-state index in [1.807, 2.05) is 0 Å². The van der Waals surface area contributed by atoms with Gasteiger partial charge in [0.2, 0.25) is 11.9 Å². The number of anilines is 2. The van der Waals surface area contributed by atoms with Gasteiger partial charge in [0, 0.05) is 5.56 Å². The second-order valence-corrected chi connectivity index (χ2v) is 3.00. The van der Waals surface area contributed by atoms with E-state index in [9.17, 15) is 8.78 Å². The summed E-state index contributed by atoms with van der Waals surface area (Å²) in [5, 5.41) is 0. The molecule has 2 rings (SSSR count). The molecule has 0 radical (unpaired) electrons. The van der Waals surface area contributed by atoms with Crippen LogP contribution in [0.3, 0.4) is 0 Å². The molecule has 1 aromatic carbocycles. The minimum Gasteiger partial charge on any atom is -0.368 e. The van der Waals surface area contributed by atoms with Gasteiger partial charge in [-0.2, -0.15) is 15.0 Å². The standard InChI is InChI=1S/C9H7F2N5/c10-5-2-1-4(3-6(5)11)7-14-8(12)16-9(13)15-7/h1-3H,(H4,12,13,14,15,16). The largest absolute Gasteiger partial charge is 0.368 e. The van der Waals surface area contributed by atoms with E-state index in [1.165, 1.54) is 6.07 Å². The number of rotatable bonds is 1. The van der Waals surface area contributed by atoms with Crippen molar-refractivity contribution < 1.29 is 8.78 Å². The first-order chi connectivity index (χ1) is 7.56. The third-order valence-corrected chi connectivity index (χ3v) is 1.85. The molecule has 0 fully saturated rings. The van der Waals surface area contributed by atoms with E-state index in [-0.39, 0.29) is 23.3 Å². The van der Waals surface area contributed by atoms with Crippen molar-refractivity contribution in [1.29, 1.82) is 0 Å². The van der Waals surface area contributed by atoms with Gasteiger partial charge in [0.1, 0.15) is 0 Å². The Bertz CT molecular complexity index is 523. The average molecular weight is 223 g/mol. The van der Waals surface area contributed by atoms with Gasteiger partial charge in [-0.25, -0.2) is 8.78 Å². The summed E-state index contributed by atoms with van der Waals surface area (Å²) in [4.78, 5) is 11.1. The van der Waals surface area contributed by atoms with E-state index in [4.69, 9.17) is 11.5 Å². The summed E-state index contributed by atoms with van der Waals surface area (Å²) in [6, 6.07) is 3.26. The molecule has 0 unspecified atom stereocenters. The fourth-order valence-electron chi connectivity index (χ4n) is 1.17. The molecule has 1 aromatic heterocycles. The number of aromatic nitrogens is 3. The second kappa shape index (κ2) is 3.69. The predicted octanol–water partition coefficient (Wildman–Crippen LogP) is 0.981. The Labute approximate surface area is 89.2 Å². The Balaban J connectivity index is 2.54. The molecule has 16 heavy (non-hydrogen) atoms. The van der Waals surface area contributed by atoms with Gasteiger partial charge in [-0.1, -0.05) is 0 Å². The number of hydrogen-bond donors (Lipinski definition) is 2. The van der Waals surface area contributed by atoms with Crippen molar-refractivity contribution in [2.24, 2.45) is 0 Å². The van der Waals surface area contributed by atoms with E-state index in [0.29, 0.717) is 0 Å². The van der Waals surface area contributed by atoms with Crippen LogP contribution in [0.15, 0.2) is 18.2 Å². The van der Waals surface area contributed by atoms with Gasteiger partial charge in [0.25, 0.3) is 0 Å². The van der Waals surface area contributed by atoms with Crippen molar-refractivity contribution >= 4 is 11.9 Å². The SMILES string of the molecule is Nc1nc(N)nc(-c2ccc(F)c(F)c2)n1. The van der Waals surface area contributed by atoms with Gasteiger partial charge >= 0.3 is 0 Å². The lowest BCUT2D eigenvalue weighted by molar-refractivity contribution is 0.509. The van der Waals surface area contributed by atoms with Crippen LogP contribution < -0.4 is 11.5 Å². The van der Waals surface area contributed by atoms with Crippen LogP contribution in [0.25, 0.3) is 11.4 Å². The van der Waals surface area contributed by atoms with Gasteiger partial charge in [0.05, 0.1) is 0 Å². The van der Waals surface area contributed by atoms with Crippen LogP contribution in [0.1, 0.15) is 0 Å². The zero-order valence-electron chi connectivity index (χ0n) is 7.98. The highest BCUT2D eigenvalue weighted by molar-refractivity contribution is 5.57. The number of nitrogen functional groups attached to an aromatic ring is 2.